The van der Waals surface area contributed by atoms with E-state index in [-0.39, 0.29) is 23.4 Å². The van der Waals surface area contributed by atoms with Crippen LogP contribution in [0.3, 0.4) is 0 Å². The van der Waals surface area contributed by atoms with Crippen molar-refractivity contribution in [3.8, 4) is 0 Å². The predicted octanol–water partition coefficient (Wildman–Crippen LogP) is 2.25. The molecule has 0 saturated carbocycles. The predicted molar refractivity (Wildman–Crippen MR) is 99.2 cm³/mol. The van der Waals surface area contributed by atoms with Crippen molar-refractivity contribution < 1.29 is 13.2 Å². The maximum atomic E-state index is 12.8. The summed E-state index contributed by atoms with van der Waals surface area (Å²) in [7, 11) is -3.68. The van der Waals surface area contributed by atoms with Gasteiger partial charge in [0.15, 0.2) is 5.03 Å². The third kappa shape index (κ3) is 3.81. The molecule has 7 nitrogen and oxygen atoms in total. The Kier molecular flexibility index (Phi) is 5.43. The smallest absolute Gasteiger partial charge is 0.262 e. The van der Waals surface area contributed by atoms with Gasteiger partial charge in [-0.05, 0) is 38.3 Å². The van der Waals surface area contributed by atoms with Gasteiger partial charge in [-0.15, -0.1) is 0 Å². The Balaban J connectivity index is 1.72. The largest absolute Gasteiger partial charge is 0.336 e. The molecule has 26 heavy (non-hydrogen) atoms. The zero-order chi connectivity index (χ0) is 18.7. The van der Waals surface area contributed by atoms with E-state index < -0.39 is 10.0 Å². The van der Waals surface area contributed by atoms with Crippen LogP contribution in [0.25, 0.3) is 0 Å². The van der Waals surface area contributed by atoms with Crippen LogP contribution in [0.15, 0.2) is 41.8 Å². The Hall–Kier alpha value is -2.19. The van der Waals surface area contributed by atoms with Gasteiger partial charge in [-0.2, -0.15) is 4.31 Å². The maximum Gasteiger partial charge on any atom is 0.262 e. The molecule has 2 heterocycles. The number of nitrogens with one attached hydrogen (secondary N) is 1. The number of carbonyl (C=O) groups is 1. The minimum atomic E-state index is -3.68. The molecule has 0 radical (unpaired) electrons. The first-order chi connectivity index (χ1) is 12.4. The number of rotatable bonds is 5. The van der Waals surface area contributed by atoms with E-state index in [1.807, 2.05) is 38.1 Å². The normalized spacial score (nSPS) is 18.6. The molecule has 1 saturated heterocycles. The number of aryl methyl sites for hydroxylation is 2. The van der Waals surface area contributed by atoms with E-state index >= 15 is 0 Å². The molecule has 0 spiro atoms. The van der Waals surface area contributed by atoms with E-state index in [1.165, 1.54) is 16.8 Å². The summed E-state index contributed by atoms with van der Waals surface area (Å²) in [4.78, 5) is 16.6. The second-order valence-corrected chi connectivity index (χ2v) is 8.43. The summed E-state index contributed by atoms with van der Waals surface area (Å²) >= 11 is 0. The topological polar surface area (TPSA) is 84.3 Å². The number of imidazole rings is 1. The van der Waals surface area contributed by atoms with Crippen molar-refractivity contribution >= 4 is 21.6 Å². The van der Waals surface area contributed by atoms with Crippen molar-refractivity contribution in [3.05, 3.63) is 42.4 Å². The molecule has 1 aromatic heterocycles. The lowest BCUT2D eigenvalue weighted by Gasteiger charge is -2.30. The molecule has 1 aromatic carbocycles. The summed E-state index contributed by atoms with van der Waals surface area (Å²) in [6.45, 7) is 5.10. The number of nitrogens with zero attached hydrogens (tertiary/aromatic N) is 3. The molecule has 0 bridgehead atoms. The summed E-state index contributed by atoms with van der Waals surface area (Å²) in [5, 5.41) is 2.97. The molecule has 1 aliphatic heterocycles. The standard InChI is InChI=1S/C18H24N4O3S/c1-3-21-12-17(19-13-21)26(24,25)22-10-6-8-15(11-22)18(23)20-16-9-5-4-7-14(16)2/h4-5,7,9,12-13,15H,3,6,8,10-11H2,1-2H3,(H,20,23)/t15-/m0/s1. The molecule has 8 heteroatoms. The molecular weight excluding hydrogens is 352 g/mol. The number of benzene rings is 1. The first kappa shape index (κ1) is 18.6. The van der Waals surface area contributed by atoms with E-state index in [1.54, 1.807) is 4.57 Å². The van der Waals surface area contributed by atoms with Crippen molar-refractivity contribution in [3.63, 3.8) is 0 Å². The highest BCUT2D eigenvalue weighted by atomic mass is 32.2. The van der Waals surface area contributed by atoms with Gasteiger partial charge in [0.05, 0.1) is 12.2 Å². The summed E-state index contributed by atoms with van der Waals surface area (Å²) in [6.07, 6.45) is 4.37. The monoisotopic (exact) mass is 376 g/mol. The average molecular weight is 376 g/mol. The summed E-state index contributed by atoms with van der Waals surface area (Å²) in [5.41, 5.74) is 1.74. The first-order valence-corrected chi connectivity index (χ1v) is 10.2. The van der Waals surface area contributed by atoms with E-state index in [0.29, 0.717) is 25.9 Å². The summed E-state index contributed by atoms with van der Waals surface area (Å²) in [5.74, 6) is -0.510. The SMILES string of the molecule is CCn1cnc(S(=O)(=O)N2CCC[C@H](C(=O)Nc3ccccc3C)C2)c1. The Labute approximate surface area is 154 Å². The number of sulfonamides is 1. The molecule has 140 valence electrons. The molecular formula is C18H24N4O3S. The van der Waals surface area contributed by atoms with Crippen LogP contribution in [-0.2, 0) is 21.4 Å². The average Bonchev–Trinajstić information content (AvgIpc) is 3.14. The number of carbonyl (C=O) groups excluding carboxylic acids is 1. The van der Waals surface area contributed by atoms with Gasteiger partial charge in [-0.25, -0.2) is 13.4 Å². The zero-order valence-corrected chi connectivity index (χ0v) is 15.9. The van der Waals surface area contributed by atoms with Gasteiger partial charge in [0, 0.05) is 31.5 Å². The number of anilines is 1. The van der Waals surface area contributed by atoms with Crippen LogP contribution >= 0.6 is 0 Å². The quantitative estimate of drug-likeness (QED) is 0.867. The lowest BCUT2D eigenvalue weighted by atomic mass is 9.98. The number of hydrogen-bond acceptors (Lipinski definition) is 4. The van der Waals surface area contributed by atoms with Gasteiger partial charge in [0.25, 0.3) is 10.0 Å². The fourth-order valence-corrected chi connectivity index (χ4v) is 4.56. The number of hydrogen-bond donors (Lipinski definition) is 1. The van der Waals surface area contributed by atoms with E-state index in [9.17, 15) is 13.2 Å². The van der Waals surface area contributed by atoms with Gasteiger partial charge in [0.2, 0.25) is 5.91 Å². The van der Waals surface area contributed by atoms with Crippen LogP contribution in [0.4, 0.5) is 5.69 Å². The van der Waals surface area contributed by atoms with Crippen LogP contribution in [0.1, 0.15) is 25.3 Å². The molecule has 1 amide bonds. The van der Waals surface area contributed by atoms with Crippen molar-refractivity contribution in [2.75, 3.05) is 18.4 Å². The number of para-hydroxylation sites is 1. The molecule has 1 N–H and O–H groups in total. The van der Waals surface area contributed by atoms with Gasteiger partial charge in [0.1, 0.15) is 0 Å². The third-order valence-corrected chi connectivity index (χ3v) is 6.49. The lowest BCUT2D eigenvalue weighted by molar-refractivity contribution is -0.120. The fraction of sp³-hybridized carbons (Fsp3) is 0.444. The molecule has 1 atom stereocenters. The van der Waals surface area contributed by atoms with Crippen molar-refractivity contribution in [2.24, 2.45) is 5.92 Å². The highest BCUT2D eigenvalue weighted by Crippen LogP contribution is 2.24. The molecule has 2 aromatic rings. The van der Waals surface area contributed by atoms with E-state index in [0.717, 1.165) is 11.3 Å². The Morgan fingerprint density at radius 3 is 2.81 bits per heavy atom. The number of piperidine rings is 1. The van der Waals surface area contributed by atoms with E-state index in [2.05, 4.69) is 10.3 Å². The van der Waals surface area contributed by atoms with Crippen LogP contribution in [0, 0.1) is 12.8 Å². The van der Waals surface area contributed by atoms with Crippen LogP contribution in [-0.4, -0.2) is 41.3 Å². The lowest BCUT2D eigenvalue weighted by Crippen LogP contribution is -2.43. The van der Waals surface area contributed by atoms with Gasteiger partial charge in [-0.1, -0.05) is 18.2 Å². The second kappa shape index (κ2) is 7.59. The molecule has 3 rings (SSSR count). The molecule has 1 fully saturated rings. The highest BCUT2D eigenvalue weighted by molar-refractivity contribution is 7.89. The van der Waals surface area contributed by atoms with Crippen LogP contribution in [0.2, 0.25) is 0 Å². The minimum absolute atomic E-state index is 0.0410. The Bertz CT molecular complexity index is 891. The Morgan fingerprint density at radius 2 is 2.12 bits per heavy atom. The summed E-state index contributed by atoms with van der Waals surface area (Å²) in [6, 6.07) is 7.55. The second-order valence-electron chi connectivity index (χ2n) is 6.55. The number of aromatic nitrogens is 2. The third-order valence-electron chi connectivity index (χ3n) is 4.74. The number of amides is 1. The van der Waals surface area contributed by atoms with Gasteiger partial charge < -0.3 is 9.88 Å². The molecule has 0 aliphatic carbocycles. The van der Waals surface area contributed by atoms with Crippen LogP contribution in [0.5, 0.6) is 0 Å². The van der Waals surface area contributed by atoms with Crippen molar-refractivity contribution in [1.29, 1.82) is 0 Å². The molecule has 0 unspecified atom stereocenters. The zero-order valence-electron chi connectivity index (χ0n) is 15.1. The van der Waals surface area contributed by atoms with Gasteiger partial charge in [-0.3, -0.25) is 4.79 Å². The first-order valence-electron chi connectivity index (χ1n) is 8.80. The summed E-state index contributed by atoms with van der Waals surface area (Å²) < 4.78 is 28.7. The fourth-order valence-electron chi connectivity index (χ4n) is 3.10. The van der Waals surface area contributed by atoms with Crippen LogP contribution < -0.4 is 5.32 Å². The molecule has 1 aliphatic rings. The van der Waals surface area contributed by atoms with Crippen molar-refractivity contribution in [2.45, 2.75) is 38.3 Å². The Morgan fingerprint density at radius 1 is 1.35 bits per heavy atom. The van der Waals surface area contributed by atoms with E-state index in [4.69, 9.17) is 0 Å². The minimum Gasteiger partial charge on any atom is -0.336 e. The highest BCUT2D eigenvalue weighted by Gasteiger charge is 2.34. The van der Waals surface area contributed by atoms with Gasteiger partial charge >= 0.3 is 0 Å². The maximum absolute atomic E-state index is 12.8. The van der Waals surface area contributed by atoms with Crippen molar-refractivity contribution in [1.82, 2.24) is 13.9 Å².